The molecule has 1 rings (SSSR count). The predicted octanol–water partition coefficient (Wildman–Crippen LogP) is 4.01. The second-order valence-corrected chi connectivity index (χ2v) is 16.1. The summed E-state index contributed by atoms with van der Waals surface area (Å²) in [7, 11) is -3.25. The maximum atomic E-state index is 12.0. The van der Waals surface area contributed by atoms with E-state index >= 15 is 0 Å². The third-order valence-electron chi connectivity index (χ3n) is 2.36. The van der Waals surface area contributed by atoms with Gasteiger partial charge in [-0.05, 0) is 31.6 Å². The first kappa shape index (κ1) is 17.0. The van der Waals surface area contributed by atoms with Gasteiger partial charge in [0.25, 0.3) is 0 Å². The predicted molar refractivity (Wildman–Crippen MR) is 86.6 cm³/mol. The lowest BCUT2D eigenvalue weighted by Crippen LogP contribution is -2.29. The van der Waals surface area contributed by atoms with E-state index in [9.17, 15) is 4.79 Å². The summed E-state index contributed by atoms with van der Waals surface area (Å²) in [6, 6.07) is 1.85. The van der Waals surface area contributed by atoms with Crippen LogP contribution in [0.3, 0.4) is 0 Å². The van der Waals surface area contributed by atoms with Crippen LogP contribution < -0.4 is 0 Å². The van der Waals surface area contributed by atoms with Crippen LogP contribution in [0.15, 0.2) is 23.0 Å². The van der Waals surface area contributed by atoms with E-state index in [1.54, 1.807) is 12.5 Å². The Kier molecular flexibility index (Phi) is 5.57. The van der Waals surface area contributed by atoms with E-state index in [2.05, 4.69) is 50.7 Å². The van der Waals surface area contributed by atoms with Crippen molar-refractivity contribution in [1.82, 2.24) is 0 Å². The minimum absolute atomic E-state index is 0.0584. The number of Topliss-reactive ketones (excluding diaryl/α,β-unsaturated/α-hetero) is 1. The Hall–Kier alpha value is -1.10. The molecular weight excluding hydrogens is 284 g/mol. The molecule has 1 aromatic rings. The van der Waals surface area contributed by atoms with Crippen LogP contribution in [-0.4, -0.2) is 22.2 Å². The number of ketones is 1. The molecule has 1 aromatic heterocycles. The number of carbonyl (C=O) groups is 1. The lowest BCUT2D eigenvalue weighted by atomic mass is 10.1. The Morgan fingerprint density at radius 2 is 1.95 bits per heavy atom. The fourth-order valence-electron chi connectivity index (χ4n) is 1.59. The summed E-state index contributed by atoms with van der Waals surface area (Å²) in [6.45, 7) is 12.7. The Balaban J connectivity index is 2.80. The molecule has 0 saturated heterocycles. The van der Waals surface area contributed by atoms with E-state index in [1.165, 1.54) is 0 Å². The summed E-state index contributed by atoms with van der Waals surface area (Å²) in [6.07, 6.45) is 3.29. The summed E-state index contributed by atoms with van der Waals surface area (Å²) in [5.41, 5.74) is 4.02. The molecule has 0 N–H and O–H groups in total. The van der Waals surface area contributed by atoms with E-state index in [0.717, 1.165) is 5.56 Å². The summed E-state index contributed by atoms with van der Waals surface area (Å²) < 4.78 is 11.2. The first-order valence-corrected chi connectivity index (χ1v) is 13.7. The Bertz CT molecular complexity index is 496. The van der Waals surface area contributed by atoms with Gasteiger partial charge in [-0.25, -0.2) is 0 Å². The maximum absolute atomic E-state index is 12.0. The van der Waals surface area contributed by atoms with Crippen molar-refractivity contribution in [1.29, 1.82) is 0 Å². The minimum atomic E-state index is -1.74. The molecule has 0 aliphatic heterocycles. The smallest absolute Gasteiger partial charge is 0.207 e. The fraction of sp³-hybridized carbons (Fsp3) is 0.533. The second kappa shape index (κ2) is 6.57. The van der Waals surface area contributed by atoms with Gasteiger partial charge in [0, 0.05) is 12.0 Å². The van der Waals surface area contributed by atoms with Gasteiger partial charge in [-0.2, -0.15) is 0 Å². The molecule has 1 atom stereocenters. The third kappa shape index (κ3) is 6.89. The van der Waals surface area contributed by atoms with Crippen LogP contribution in [0.2, 0.25) is 39.3 Å². The quantitative estimate of drug-likeness (QED) is 0.609. The molecule has 0 aliphatic rings. The lowest BCUT2D eigenvalue weighted by molar-refractivity contribution is -0.115. The van der Waals surface area contributed by atoms with Crippen molar-refractivity contribution < 1.29 is 13.6 Å². The van der Waals surface area contributed by atoms with Gasteiger partial charge in [-0.3, -0.25) is 4.79 Å². The molecule has 0 saturated carbocycles. The second-order valence-electron chi connectivity index (χ2n) is 6.90. The monoisotopic (exact) mass is 308 g/mol. The normalized spacial score (nSPS) is 13.5. The summed E-state index contributed by atoms with van der Waals surface area (Å²) in [5, 5.41) is 0. The minimum Gasteiger partial charge on any atom is -0.472 e. The van der Waals surface area contributed by atoms with Crippen molar-refractivity contribution in [3.8, 4) is 11.5 Å². The SMILES string of the molecule is C[Si](C)(C)C#CC(=O)CC(O[Si](C)(C)C)c1ccoc1. The molecule has 0 aromatic carbocycles. The maximum Gasteiger partial charge on any atom is 0.207 e. The summed E-state index contributed by atoms with van der Waals surface area (Å²) >= 11 is 0. The van der Waals surface area contributed by atoms with Crippen LogP contribution in [-0.2, 0) is 9.22 Å². The molecule has 0 bridgehead atoms. The highest BCUT2D eigenvalue weighted by Gasteiger charge is 2.25. The number of hydrogen-bond acceptors (Lipinski definition) is 3. The van der Waals surface area contributed by atoms with Gasteiger partial charge < -0.3 is 8.84 Å². The van der Waals surface area contributed by atoms with Gasteiger partial charge in [-0.1, -0.05) is 19.6 Å². The Labute approximate surface area is 123 Å². The standard InChI is InChI=1S/C15H24O3Si2/c1-19(2,3)10-8-14(16)11-15(18-20(4,5)6)13-7-9-17-12-13/h7,9,12,15H,11H2,1-6H3. The molecule has 5 heteroatoms. The molecule has 110 valence electrons. The Morgan fingerprint density at radius 3 is 2.40 bits per heavy atom. The fourth-order valence-corrected chi connectivity index (χ4v) is 3.18. The van der Waals surface area contributed by atoms with E-state index in [-0.39, 0.29) is 11.9 Å². The largest absolute Gasteiger partial charge is 0.472 e. The molecule has 3 nitrogen and oxygen atoms in total. The molecule has 0 aliphatic carbocycles. The topological polar surface area (TPSA) is 39.4 Å². The number of hydrogen-bond donors (Lipinski definition) is 0. The van der Waals surface area contributed by atoms with Crippen LogP contribution in [0.4, 0.5) is 0 Å². The van der Waals surface area contributed by atoms with Crippen LogP contribution in [0.5, 0.6) is 0 Å². The molecule has 0 radical (unpaired) electrons. The highest BCUT2D eigenvalue weighted by molar-refractivity contribution is 6.84. The van der Waals surface area contributed by atoms with E-state index in [1.807, 2.05) is 6.07 Å². The van der Waals surface area contributed by atoms with Crippen molar-refractivity contribution in [2.75, 3.05) is 0 Å². The van der Waals surface area contributed by atoms with E-state index in [4.69, 9.17) is 8.84 Å². The summed E-state index contributed by atoms with van der Waals surface area (Å²) in [4.78, 5) is 12.0. The van der Waals surface area contributed by atoms with Crippen LogP contribution in [0, 0.1) is 11.5 Å². The average Bonchev–Trinajstić information content (AvgIpc) is 2.76. The zero-order valence-electron chi connectivity index (χ0n) is 13.2. The van der Waals surface area contributed by atoms with Gasteiger partial charge in [0.2, 0.25) is 5.78 Å². The van der Waals surface area contributed by atoms with Gasteiger partial charge in [0.15, 0.2) is 8.32 Å². The molecule has 0 fully saturated rings. The van der Waals surface area contributed by atoms with Crippen molar-refractivity contribution in [2.24, 2.45) is 0 Å². The average molecular weight is 309 g/mol. The van der Waals surface area contributed by atoms with Crippen molar-refractivity contribution in [3.63, 3.8) is 0 Å². The molecule has 1 unspecified atom stereocenters. The highest BCUT2D eigenvalue weighted by Crippen LogP contribution is 2.26. The number of carbonyl (C=O) groups excluding carboxylic acids is 1. The van der Waals surface area contributed by atoms with E-state index in [0.29, 0.717) is 6.42 Å². The van der Waals surface area contributed by atoms with Gasteiger partial charge in [0.1, 0.15) is 8.07 Å². The first-order valence-electron chi connectivity index (χ1n) is 6.83. The van der Waals surface area contributed by atoms with Gasteiger partial charge in [-0.15, -0.1) is 5.54 Å². The zero-order chi connectivity index (χ0) is 15.4. The van der Waals surface area contributed by atoms with Crippen molar-refractivity contribution in [3.05, 3.63) is 24.2 Å². The summed E-state index contributed by atoms with van der Waals surface area (Å²) in [5.74, 6) is 2.72. The van der Waals surface area contributed by atoms with Gasteiger partial charge >= 0.3 is 0 Å². The Morgan fingerprint density at radius 1 is 1.30 bits per heavy atom. The van der Waals surface area contributed by atoms with Gasteiger partial charge in [0.05, 0.1) is 18.6 Å². The molecule has 0 spiro atoms. The molecule has 1 heterocycles. The lowest BCUT2D eigenvalue weighted by Gasteiger charge is -2.24. The van der Waals surface area contributed by atoms with Crippen LogP contribution in [0.1, 0.15) is 18.1 Å². The van der Waals surface area contributed by atoms with Crippen molar-refractivity contribution in [2.45, 2.75) is 51.8 Å². The van der Waals surface area contributed by atoms with Crippen LogP contribution >= 0.6 is 0 Å². The zero-order valence-corrected chi connectivity index (χ0v) is 15.2. The molecule has 20 heavy (non-hydrogen) atoms. The number of rotatable bonds is 5. The van der Waals surface area contributed by atoms with E-state index < -0.39 is 16.4 Å². The van der Waals surface area contributed by atoms with Crippen LogP contribution in [0.25, 0.3) is 0 Å². The number of furan rings is 1. The molecular formula is C15H24O3Si2. The first-order chi connectivity index (χ1) is 9.07. The third-order valence-corrected chi connectivity index (χ3v) is 4.23. The molecule has 0 amide bonds. The van der Waals surface area contributed by atoms with Crippen molar-refractivity contribution >= 4 is 22.2 Å². The highest BCUT2D eigenvalue weighted by atomic mass is 28.4.